The van der Waals surface area contributed by atoms with Crippen LogP contribution in [-0.4, -0.2) is 52.1 Å². The third kappa shape index (κ3) is 3.42. The van der Waals surface area contributed by atoms with E-state index in [4.69, 9.17) is 0 Å². The molecule has 0 amide bonds. The Hall–Kier alpha value is -1.17. The fourth-order valence-electron chi connectivity index (χ4n) is 4.92. The largest absolute Gasteiger partial charge is 0.302 e. The molecule has 0 radical (unpaired) electrons. The number of nitrogens with zero attached hydrogens (tertiary/aromatic N) is 4. The lowest BCUT2D eigenvalue weighted by Gasteiger charge is -2.40. The van der Waals surface area contributed by atoms with Crippen LogP contribution in [0.3, 0.4) is 0 Å². The standard InChI is InChI=1S/C20H28N4S/c1-3-18(24(10-1)19-21-8-12-25-19)14-23-11-7-20(16-23)6-2-9-22(15-20)13-17-4-5-17/h1,3,8,10,12,17H,2,4-7,9,11,13-16H2. The fourth-order valence-corrected chi connectivity index (χ4v) is 5.58. The summed E-state index contributed by atoms with van der Waals surface area (Å²) in [7, 11) is 0. The van der Waals surface area contributed by atoms with E-state index in [1.807, 2.05) is 6.20 Å². The predicted molar refractivity (Wildman–Crippen MR) is 102 cm³/mol. The second-order valence-corrected chi connectivity index (χ2v) is 9.30. The van der Waals surface area contributed by atoms with Crippen LogP contribution in [0.4, 0.5) is 0 Å². The molecule has 0 N–H and O–H groups in total. The van der Waals surface area contributed by atoms with Gasteiger partial charge in [-0.05, 0) is 68.7 Å². The van der Waals surface area contributed by atoms with Crippen LogP contribution >= 0.6 is 11.3 Å². The zero-order valence-corrected chi connectivity index (χ0v) is 15.8. The van der Waals surface area contributed by atoms with Gasteiger partial charge in [0.1, 0.15) is 0 Å². The molecule has 3 aliphatic rings. The van der Waals surface area contributed by atoms with Crippen molar-refractivity contribution in [2.24, 2.45) is 11.3 Å². The van der Waals surface area contributed by atoms with Gasteiger partial charge in [0.25, 0.3) is 0 Å². The summed E-state index contributed by atoms with van der Waals surface area (Å²) in [5.41, 5.74) is 1.93. The lowest BCUT2D eigenvalue weighted by atomic mass is 9.79. The van der Waals surface area contributed by atoms with Crippen molar-refractivity contribution in [1.29, 1.82) is 0 Å². The maximum atomic E-state index is 4.48. The van der Waals surface area contributed by atoms with Gasteiger partial charge in [-0.1, -0.05) is 0 Å². The molecule has 3 fully saturated rings. The minimum absolute atomic E-state index is 0.561. The van der Waals surface area contributed by atoms with Crippen molar-refractivity contribution in [2.75, 3.05) is 32.7 Å². The van der Waals surface area contributed by atoms with E-state index >= 15 is 0 Å². The normalized spacial score (nSPS) is 28.2. The zero-order chi connectivity index (χ0) is 16.7. The first kappa shape index (κ1) is 16.0. The summed E-state index contributed by atoms with van der Waals surface area (Å²) in [4.78, 5) is 9.94. The zero-order valence-electron chi connectivity index (χ0n) is 14.9. The van der Waals surface area contributed by atoms with E-state index < -0.39 is 0 Å². The van der Waals surface area contributed by atoms with Crippen molar-refractivity contribution >= 4 is 11.3 Å². The Morgan fingerprint density at radius 1 is 1.16 bits per heavy atom. The number of piperidine rings is 1. The highest BCUT2D eigenvalue weighted by molar-refractivity contribution is 7.12. The second kappa shape index (κ2) is 6.53. The van der Waals surface area contributed by atoms with Crippen LogP contribution in [0.5, 0.6) is 0 Å². The minimum atomic E-state index is 0.561. The molecule has 2 saturated heterocycles. The molecular formula is C20H28N4S. The summed E-state index contributed by atoms with van der Waals surface area (Å²) < 4.78 is 2.26. The second-order valence-electron chi connectivity index (χ2n) is 8.43. The molecule has 5 rings (SSSR count). The fraction of sp³-hybridized carbons (Fsp3) is 0.650. The quantitative estimate of drug-likeness (QED) is 0.818. The summed E-state index contributed by atoms with van der Waals surface area (Å²) in [6, 6.07) is 4.41. The summed E-state index contributed by atoms with van der Waals surface area (Å²) in [5.74, 6) is 1.02. The molecule has 1 unspecified atom stereocenters. The molecule has 1 spiro atoms. The average Bonchev–Trinajstić information content (AvgIpc) is 3.03. The maximum Gasteiger partial charge on any atom is 0.193 e. The minimum Gasteiger partial charge on any atom is -0.302 e. The van der Waals surface area contributed by atoms with Crippen molar-refractivity contribution < 1.29 is 0 Å². The molecule has 2 aromatic rings. The van der Waals surface area contributed by atoms with Crippen LogP contribution in [0.25, 0.3) is 5.13 Å². The van der Waals surface area contributed by atoms with Gasteiger partial charge in [0.15, 0.2) is 5.13 Å². The number of aromatic nitrogens is 2. The number of hydrogen-bond donors (Lipinski definition) is 0. The molecule has 1 saturated carbocycles. The molecule has 4 nitrogen and oxygen atoms in total. The van der Waals surface area contributed by atoms with Gasteiger partial charge in [-0.2, -0.15) is 0 Å². The number of rotatable bonds is 5. The van der Waals surface area contributed by atoms with E-state index in [0.717, 1.165) is 17.6 Å². The molecule has 0 bridgehead atoms. The van der Waals surface area contributed by atoms with Gasteiger partial charge in [0.05, 0.1) is 0 Å². The molecule has 1 atom stereocenters. The van der Waals surface area contributed by atoms with E-state index in [2.05, 4.69) is 43.1 Å². The SMILES string of the molecule is c1cc(CN2CCC3(CCCN(CC4CC4)C3)C2)n(-c2nccs2)c1. The molecule has 0 aromatic carbocycles. The average molecular weight is 357 g/mol. The summed E-state index contributed by atoms with van der Waals surface area (Å²) in [6.07, 6.45) is 11.2. The topological polar surface area (TPSA) is 24.3 Å². The Morgan fingerprint density at radius 2 is 2.08 bits per heavy atom. The van der Waals surface area contributed by atoms with Crippen LogP contribution in [0.15, 0.2) is 29.9 Å². The molecule has 2 aromatic heterocycles. The number of likely N-dealkylation sites (tertiary alicyclic amines) is 2. The van der Waals surface area contributed by atoms with Crippen LogP contribution in [0.1, 0.15) is 37.8 Å². The Morgan fingerprint density at radius 3 is 2.92 bits per heavy atom. The van der Waals surface area contributed by atoms with Crippen LogP contribution in [0, 0.1) is 11.3 Å². The highest BCUT2D eigenvalue weighted by Crippen LogP contribution is 2.41. The van der Waals surface area contributed by atoms with Crippen LogP contribution in [0.2, 0.25) is 0 Å². The first-order valence-electron chi connectivity index (χ1n) is 9.81. The van der Waals surface area contributed by atoms with Gasteiger partial charge in [0, 0.05) is 49.6 Å². The van der Waals surface area contributed by atoms with E-state index in [0.29, 0.717) is 5.41 Å². The van der Waals surface area contributed by atoms with E-state index in [1.165, 1.54) is 70.5 Å². The highest BCUT2D eigenvalue weighted by Gasteiger charge is 2.42. The third-order valence-corrected chi connectivity index (χ3v) is 7.09. The van der Waals surface area contributed by atoms with Crippen molar-refractivity contribution in [3.63, 3.8) is 0 Å². The highest BCUT2D eigenvalue weighted by atomic mass is 32.1. The Labute approximate surface area is 154 Å². The monoisotopic (exact) mass is 356 g/mol. The van der Waals surface area contributed by atoms with E-state index in [9.17, 15) is 0 Å². The predicted octanol–water partition coefficient (Wildman–Crippen LogP) is 3.63. The molecule has 134 valence electrons. The molecule has 25 heavy (non-hydrogen) atoms. The summed E-state index contributed by atoms with van der Waals surface area (Å²) in [6.45, 7) is 7.63. The number of thiazole rings is 1. The molecule has 4 heterocycles. The Balaban J connectivity index is 1.24. The molecular weight excluding hydrogens is 328 g/mol. The van der Waals surface area contributed by atoms with Crippen LogP contribution < -0.4 is 0 Å². The maximum absolute atomic E-state index is 4.48. The van der Waals surface area contributed by atoms with Crippen molar-refractivity contribution in [3.05, 3.63) is 35.6 Å². The van der Waals surface area contributed by atoms with Crippen LogP contribution in [-0.2, 0) is 6.54 Å². The Bertz CT molecular complexity index is 705. The van der Waals surface area contributed by atoms with Gasteiger partial charge >= 0.3 is 0 Å². The van der Waals surface area contributed by atoms with E-state index in [1.54, 1.807) is 11.3 Å². The Kier molecular flexibility index (Phi) is 4.19. The molecule has 5 heteroatoms. The lowest BCUT2D eigenvalue weighted by molar-refractivity contribution is 0.0882. The number of hydrogen-bond acceptors (Lipinski definition) is 4. The van der Waals surface area contributed by atoms with Gasteiger partial charge in [0.2, 0.25) is 0 Å². The molecule has 1 aliphatic carbocycles. The van der Waals surface area contributed by atoms with Gasteiger partial charge in [-0.3, -0.25) is 9.47 Å². The van der Waals surface area contributed by atoms with Gasteiger partial charge < -0.3 is 4.90 Å². The van der Waals surface area contributed by atoms with Crippen molar-refractivity contribution in [3.8, 4) is 5.13 Å². The smallest absolute Gasteiger partial charge is 0.193 e. The van der Waals surface area contributed by atoms with Crippen molar-refractivity contribution in [2.45, 2.75) is 38.6 Å². The van der Waals surface area contributed by atoms with Gasteiger partial charge in [-0.15, -0.1) is 11.3 Å². The first-order chi connectivity index (χ1) is 12.3. The first-order valence-corrected chi connectivity index (χ1v) is 10.7. The third-order valence-electron chi connectivity index (χ3n) is 6.32. The van der Waals surface area contributed by atoms with Gasteiger partial charge in [-0.25, -0.2) is 4.98 Å². The summed E-state index contributed by atoms with van der Waals surface area (Å²) >= 11 is 1.71. The van der Waals surface area contributed by atoms with Crippen molar-refractivity contribution in [1.82, 2.24) is 19.4 Å². The lowest BCUT2D eigenvalue weighted by Crippen LogP contribution is -2.45. The summed E-state index contributed by atoms with van der Waals surface area (Å²) in [5, 5.41) is 3.14. The molecule has 2 aliphatic heterocycles. The van der Waals surface area contributed by atoms with E-state index in [-0.39, 0.29) is 0 Å².